The molecule has 1 N–H and O–H groups in total. The van der Waals surface area contributed by atoms with E-state index in [-0.39, 0.29) is 0 Å². The van der Waals surface area contributed by atoms with E-state index in [1.165, 1.54) is 0 Å². The molecule has 0 atom stereocenters. The largest absolute Gasteiger partial charge is 0.370 e. The van der Waals surface area contributed by atoms with Gasteiger partial charge in [-0.05, 0) is 60.8 Å². The molecule has 1 aromatic heterocycles. The fraction of sp³-hybridized carbons (Fsp3) is 0.259. The van der Waals surface area contributed by atoms with Gasteiger partial charge in [0.05, 0.1) is 17.3 Å². The fourth-order valence-electron chi connectivity index (χ4n) is 4.36. The molecule has 1 saturated heterocycles. The Morgan fingerprint density at radius 3 is 2.55 bits per heavy atom. The summed E-state index contributed by atoms with van der Waals surface area (Å²) in [6, 6.07) is 15.9. The summed E-state index contributed by atoms with van der Waals surface area (Å²) >= 11 is 12.7. The average Bonchev–Trinajstić information content (AvgIpc) is 2.83. The molecule has 0 aliphatic carbocycles. The van der Waals surface area contributed by atoms with Gasteiger partial charge in [-0.2, -0.15) is 5.26 Å². The Balaban J connectivity index is 1.76. The van der Waals surface area contributed by atoms with Gasteiger partial charge in [-0.15, -0.1) is 0 Å². The van der Waals surface area contributed by atoms with Crippen LogP contribution in [0, 0.1) is 11.3 Å². The Morgan fingerprint density at radius 1 is 1.09 bits per heavy atom. The maximum Gasteiger partial charge on any atom is 0.0991 e. The number of halogens is 2. The minimum Gasteiger partial charge on any atom is -0.370 e. The summed E-state index contributed by atoms with van der Waals surface area (Å²) < 4.78 is 0. The normalized spacial score (nSPS) is 14.5. The van der Waals surface area contributed by atoms with Crippen molar-refractivity contribution in [1.82, 2.24) is 10.3 Å². The Bertz CT molecular complexity index is 1170. The lowest BCUT2D eigenvalue weighted by molar-refractivity contribution is 0.424. The molecule has 0 bridgehead atoms. The van der Waals surface area contributed by atoms with Crippen LogP contribution in [0.15, 0.2) is 54.9 Å². The zero-order valence-electron chi connectivity index (χ0n) is 18.6. The van der Waals surface area contributed by atoms with Gasteiger partial charge in [0.15, 0.2) is 0 Å². The molecule has 6 heteroatoms. The van der Waals surface area contributed by atoms with E-state index >= 15 is 0 Å². The summed E-state index contributed by atoms with van der Waals surface area (Å²) in [5.41, 5.74) is 5.73. The second kappa shape index (κ2) is 10.9. The molecule has 0 radical (unpaired) electrons. The van der Waals surface area contributed by atoms with Gasteiger partial charge in [-0.3, -0.25) is 4.98 Å². The van der Waals surface area contributed by atoms with Gasteiger partial charge in [-0.25, -0.2) is 0 Å². The molecule has 1 aliphatic rings. The van der Waals surface area contributed by atoms with Gasteiger partial charge in [0.1, 0.15) is 0 Å². The van der Waals surface area contributed by atoms with E-state index in [4.69, 9.17) is 23.2 Å². The summed E-state index contributed by atoms with van der Waals surface area (Å²) in [4.78, 5) is 6.97. The van der Waals surface area contributed by atoms with Crippen molar-refractivity contribution in [2.75, 3.05) is 24.5 Å². The summed E-state index contributed by atoms with van der Waals surface area (Å²) in [7, 11) is 0. The van der Waals surface area contributed by atoms with Gasteiger partial charge >= 0.3 is 0 Å². The second-order valence-corrected chi connectivity index (χ2v) is 9.05. The van der Waals surface area contributed by atoms with Gasteiger partial charge in [0, 0.05) is 52.7 Å². The minimum atomic E-state index is 0.546. The van der Waals surface area contributed by atoms with E-state index in [9.17, 15) is 5.26 Å². The van der Waals surface area contributed by atoms with E-state index in [1.54, 1.807) is 6.07 Å². The highest BCUT2D eigenvalue weighted by Gasteiger charge is 2.23. The summed E-state index contributed by atoms with van der Waals surface area (Å²) in [5, 5.41) is 14.0. The first-order valence-corrected chi connectivity index (χ1v) is 11.9. The van der Waals surface area contributed by atoms with Crippen molar-refractivity contribution >= 4 is 41.0 Å². The number of pyridine rings is 1. The maximum absolute atomic E-state index is 9.21. The third-order valence-corrected chi connectivity index (χ3v) is 6.33. The number of hydrogen-bond acceptors (Lipinski definition) is 4. The Hall–Kier alpha value is -2.84. The molecule has 1 fully saturated rings. The van der Waals surface area contributed by atoms with Gasteiger partial charge in [-0.1, -0.05) is 54.4 Å². The third-order valence-electron chi connectivity index (χ3n) is 5.89. The molecule has 0 spiro atoms. The van der Waals surface area contributed by atoms with Crippen molar-refractivity contribution in [2.45, 2.75) is 25.8 Å². The molecule has 0 unspecified atom stereocenters. The van der Waals surface area contributed by atoms with Crippen LogP contribution in [0.5, 0.6) is 0 Å². The number of piperidine rings is 1. The Morgan fingerprint density at radius 2 is 1.85 bits per heavy atom. The summed E-state index contributed by atoms with van der Waals surface area (Å²) in [6.45, 7) is 5.05. The number of nitrogens with one attached hydrogen (secondary N) is 1. The second-order valence-electron chi connectivity index (χ2n) is 8.17. The quantitative estimate of drug-likeness (QED) is 0.431. The summed E-state index contributed by atoms with van der Waals surface area (Å²) in [6.07, 6.45) is 10.1. The highest BCUT2D eigenvalue weighted by Crippen LogP contribution is 2.38. The molecule has 0 saturated carbocycles. The van der Waals surface area contributed by atoms with E-state index in [0.29, 0.717) is 21.7 Å². The maximum atomic E-state index is 9.21. The third kappa shape index (κ3) is 5.75. The van der Waals surface area contributed by atoms with Crippen LogP contribution in [0.2, 0.25) is 10.0 Å². The molecular formula is C27H26Cl2N4. The van der Waals surface area contributed by atoms with E-state index in [2.05, 4.69) is 34.3 Å². The fourth-order valence-corrected chi connectivity index (χ4v) is 4.89. The molecule has 168 valence electrons. The molecule has 0 amide bonds. The smallest absolute Gasteiger partial charge is 0.0991 e. The lowest BCUT2D eigenvalue weighted by Gasteiger charge is -2.36. The van der Waals surface area contributed by atoms with E-state index in [1.807, 2.05) is 54.9 Å². The average molecular weight is 477 g/mol. The van der Waals surface area contributed by atoms with Gasteiger partial charge in [0.2, 0.25) is 0 Å². The van der Waals surface area contributed by atoms with Crippen molar-refractivity contribution in [3.63, 3.8) is 0 Å². The molecule has 2 aromatic carbocycles. The summed E-state index contributed by atoms with van der Waals surface area (Å²) in [5.74, 6) is 0. The highest BCUT2D eigenvalue weighted by atomic mass is 35.5. The predicted molar refractivity (Wildman–Crippen MR) is 139 cm³/mol. The van der Waals surface area contributed by atoms with Crippen LogP contribution in [0.1, 0.15) is 36.5 Å². The molecule has 4 nitrogen and oxygen atoms in total. The first-order valence-electron chi connectivity index (χ1n) is 11.2. The number of anilines is 1. The van der Waals surface area contributed by atoms with Crippen LogP contribution in [-0.4, -0.2) is 30.7 Å². The van der Waals surface area contributed by atoms with Crippen molar-refractivity contribution in [3.05, 3.63) is 81.6 Å². The van der Waals surface area contributed by atoms with Gasteiger partial charge < -0.3 is 10.2 Å². The number of nitriles is 1. The molecule has 3 aromatic rings. The topological polar surface area (TPSA) is 52.0 Å². The van der Waals surface area contributed by atoms with E-state index < -0.39 is 0 Å². The molecular weight excluding hydrogens is 451 g/mol. The van der Waals surface area contributed by atoms with Crippen LogP contribution < -0.4 is 10.2 Å². The van der Waals surface area contributed by atoms with Crippen molar-refractivity contribution in [2.24, 2.45) is 0 Å². The zero-order valence-corrected chi connectivity index (χ0v) is 20.1. The van der Waals surface area contributed by atoms with Crippen LogP contribution in [0.3, 0.4) is 0 Å². The lowest BCUT2D eigenvalue weighted by Crippen LogP contribution is -2.42. The number of benzene rings is 2. The van der Waals surface area contributed by atoms with E-state index in [0.717, 1.165) is 60.4 Å². The monoisotopic (exact) mass is 476 g/mol. The zero-order chi connectivity index (χ0) is 23.2. The number of hydrogen-bond donors (Lipinski definition) is 1. The Kier molecular flexibility index (Phi) is 7.67. The van der Waals surface area contributed by atoms with Crippen LogP contribution in [0.25, 0.3) is 23.3 Å². The molecule has 4 rings (SSSR count). The molecule has 1 aliphatic heterocycles. The highest BCUT2D eigenvalue weighted by molar-refractivity contribution is 6.35. The molecule has 2 heterocycles. The van der Waals surface area contributed by atoms with Crippen LogP contribution in [0.4, 0.5) is 5.69 Å². The first kappa shape index (κ1) is 23.3. The first-order chi connectivity index (χ1) is 16.1. The number of rotatable bonds is 6. The van der Waals surface area contributed by atoms with Gasteiger partial charge in [0.25, 0.3) is 0 Å². The van der Waals surface area contributed by atoms with Crippen molar-refractivity contribution in [3.8, 4) is 17.2 Å². The van der Waals surface area contributed by atoms with Crippen LogP contribution >= 0.6 is 23.2 Å². The molecule has 33 heavy (non-hydrogen) atoms. The SMILES string of the molecule is CCNC1CCN(c2c(C=Cc3cccc(C#N)c3)cncc2-c2cc(Cl)cc(Cl)c2)CC1. The van der Waals surface area contributed by atoms with Crippen molar-refractivity contribution < 1.29 is 0 Å². The number of aromatic nitrogens is 1. The predicted octanol–water partition coefficient (Wildman–Crippen LogP) is 6.68. The lowest BCUT2D eigenvalue weighted by atomic mass is 9.98. The van der Waals surface area contributed by atoms with Crippen LogP contribution in [-0.2, 0) is 0 Å². The standard InChI is InChI=1S/C27H26Cl2N4/c1-2-32-25-8-10-33(11-9-25)27-21(7-6-19-4-3-5-20(12-19)16-30)17-31-18-26(27)22-13-23(28)15-24(29)14-22/h3-7,12-15,17-18,25,32H,2,8-11H2,1H3. The Labute approximate surface area is 205 Å². The number of nitrogens with zero attached hydrogens (tertiary/aromatic N) is 3. The van der Waals surface area contributed by atoms with Crippen molar-refractivity contribution in [1.29, 1.82) is 5.26 Å². The minimum absolute atomic E-state index is 0.546.